The lowest BCUT2D eigenvalue weighted by atomic mass is 10.0. The highest BCUT2D eigenvalue weighted by molar-refractivity contribution is 8.00. The number of nitrogens with two attached hydrogens (primary N) is 1. The quantitative estimate of drug-likeness (QED) is 0.124. The Bertz CT molecular complexity index is 959. The normalized spacial score (nSPS) is 20.9. The van der Waals surface area contributed by atoms with E-state index >= 15 is 0 Å². The second kappa shape index (κ2) is 14.6. The van der Waals surface area contributed by atoms with Crippen molar-refractivity contribution in [1.29, 1.82) is 0 Å². The largest absolute Gasteiger partial charge is 0.368 e. The van der Waals surface area contributed by atoms with Crippen LogP contribution in [-0.2, 0) is 20.8 Å². The number of carbonyl (C=O) groups is 4. The standard InChI is InChI=1S/C25H36N6O5S/c26-24(34)18(14-16-9-11-17(31-36)12-10-16)28-22(33)8-2-1-5-13-27-21(32)7-4-3-6-20-23-19(15-37-20)29-25(35)30-23/h9-12,18-20,23H,1-8,13-15H2,(H2,26,34)(H,27,32)(H,28,33)(H2,29,30,35)/t18-,19?,20-,23?/m0/s1. The number of carbonyl (C=O) groups excluding carboxylic acids is 4. The van der Waals surface area contributed by atoms with Gasteiger partial charge in [0, 0.05) is 36.8 Å². The summed E-state index contributed by atoms with van der Waals surface area (Å²) in [6.07, 6.45) is 5.93. The van der Waals surface area contributed by atoms with Gasteiger partial charge in [-0.1, -0.05) is 25.0 Å². The van der Waals surface area contributed by atoms with Crippen LogP contribution < -0.4 is 27.0 Å². The van der Waals surface area contributed by atoms with Crippen molar-refractivity contribution in [2.24, 2.45) is 10.9 Å². The molecular weight excluding hydrogens is 496 g/mol. The summed E-state index contributed by atoms with van der Waals surface area (Å²) in [6, 6.07) is 5.95. The van der Waals surface area contributed by atoms with Crippen LogP contribution in [0.2, 0.25) is 0 Å². The summed E-state index contributed by atoms with van der Waals surface area (Å²) in [5.41, 5.74) is 6.48. The van der Waals surface area contributed by atoms with Crippen LogP contribution in [-0.4, -0.2) is 59.4 Å². The zero-order valence-electron chi connectivity index (χ0n) is 20.9. The van der Waals surface area contributed by atoms with E-state index in [1.54, 1.807) is 24.3 Å². The summed E-state index contributed by atoms with van der Waals surface area (Å²) in [6.45, 7) is 0.565. The number of rotatable bonds is 16. The smallest absolute Gasteiger partial charge is 0.315 e. The average molecular weight is 533 g/mol. The topological polar surface area (TPSA) is 172 Å². The number of amides is 5. The summed E-state index contributed by atoms with van der Waals surface area (Å²) in [5.74, 6) is 0.102. The number of hydrogen-bond acceptors (Lipinski definition) is 7. The lowest BCUT2D eigenvalue weighted by Crippen LogP contribution is -2.45. The number of nitrogens with one attached hydrogen (secondary N) is 4. The Hall–Kier alpha value is -3.15. The first kappa shape index (κ1) is 28.4. The first-order chi connectivity index (χ1) is 17.9. The van der Waals surface area contributed by atoms with Gasteiger partial charge in [0.25, 0.3) is 0 Å². The van der Waals surface area contributed by atoms with Crippen molar-refractivity contribution >= 4 is 41.2 Å². The van der Waals surface area contributed by atoms with Crippen LogP contribution in [0.25, 0.3) is 0 Å². The molecule has 0 bridgehead atoms. The highest BCUT2D eigenvalue weighted by Crippen LogP contribution is 2.33. The zero-order valence-corrected chi connectivity index (χ0v) is 21.7. The van der Waals surface area contributed by atoms with Crippen LogP contribution in [0, 0.1) is 4.91 Å². The molecule has 12 heteroatoms. The molecule has 0 aromatic heterocycles. The van der Waals surface area contributed by atoms with Crippen molar-refractivity contribution in [3.63, 3.8) is 0 Å². The van der Waals surface area contributed by atoms with Crippen molar-refractivity contribution in [3.05, 3.63) is 34.7 Å². The molecule has 5 amide bonds. The van der Waals surface area contributed by atoms with Gasteiger partial charge in [0.15, 0.2) is 0 Å². The van der Waals surface area contributed by atoms with Gasteiger partial charge < -0.3 is 27.0 Å². The minimum atomic E-state index is -0.830. The molecule has 0 spiro atoms. The SMILES string of the molecule is NC(=O)[C@H](Cc1ccc(N=O)cc1)NC(=O)CCCCCNC(=O)CCCC[C@@H]1SCC2NC(=O)NC21. The van der Waals surface area contributed by atoms with Gasteiger partial charge in [-0.15, -0.1) is 4.91 Å². The van der Waals surface area contributed by atoms with Crippen LogP contribution in [0.5, 0.6) is 0 Å². The predicted octanol–water partition coefficient (Wildman–Crippen LogP) is 2.00. The van der Waals surface area contributed by atoms with E-state index in [-0.39, 0.29) is 48.5 Å². The number of unbranched alkanes of at least 4 members (excludes halogenated alkanes) is 3. The zero-order chi connectivity index (χ0) is 26.6. The highest BCUT2D eigenvalue weighted by atomic mass is 32.2. The number of hydrogen-bond donors (Lipinski definition) is 5. The maximum Gasteiger partial charge on any atom is 0.315 e. The van der Waals surface area contributed by atoms with Gasteiger partial charge in [-0.25, -0.2) is 4.79 Å². The molecule has 2 fully saturated rings. The molecule has 2 saturated heterocycles. The summed E-state index contributed by atoms with van der Waals surface area (Å²) in [4.78, 5) is 58.0. The van der Waals surface area contributed by atoms with Gasteiger partial charge in [0.05, 0.1) is 12.1 Å². The summed E-state index contributed by atoms with van der Waals surface area (Å²) in [5, 5.41) is 14.8. The molecule has 2 aliphatic rings. The first-order valence-corrected chi connectivity index (χ1v) is 13.9. The number of fused-ring (bicyclic) bond motifs is 1. The lowest BCUT2D eigenvalue weighted by Gasteiger charge is -2.16. The molecule has 0 radical (unpaired) electrons. The predicted molar refractivity (Wildman–Crippen MR) is 142 cm³/mol. The molecule has 2 heterocycles. The monoisotopic (exact) mass is 532 g/mol. The Labute approximate surface area is 220 Å². The number of nitrogens with zero attached hydrogens (tertiary/aromatic N) is 1. The van der Waals surface area contributed by atoms with Crippen molar-refractivity contribution in [2.75, 3.05) is 12.3 Å². The number of thioether (sulfide) groups is 1. The third-order valence-corrected chi connectivity index (χ3v) is 8.15. The van der Waals surface area contributed by atoms with Gasteiger partial charge in [-0.2, -0.15) is 11.8 Å². The minimum absolute atomic E-state index is 0.0341. The number of nitroso groups, excluding NO2 is 1. The van der Waals surface area contributed by atoms with E-state index in [0.29, 0.717) is 24.6 Å². The number of urea groups is 1. The molecule has 2 aliphatic heterocycles. The first-order valence-electron chi connectivity index (χ1n) is 12.8. The average Bonchev–Trinajstić information content (AvgIpc) is 3.43. The molecule has 4 atom stereocenters. The van der Waals surface area contributed by atoms with Gasteiger partial charge in [-0.05, 0) is 48.6 Å². The van der Waals surface area contributed by atoms with E-state index in [0.717, 1.165) is 43.4 Å². The van der Waals surface area contributed by atoms with Crippen LogP contribution in [0.15, 0.2) is 29.4 Å². The van der Waals surface area contributed by atoms with E-state index < -0.39 is 11.9 Å². The Kier molecular flexibility index (Phi) is 11.2. The molecule has 6 N–H and O–H groups in total. The van der Waals surface area contributed by atoms with Crippen LogP contribution in [0.1, 0.15) is 56.9 Å². The summed E-state index contributed by atoms with van der Waals surface area (Å²) in [7, 11) is 0. The third-order valence-electron chi connectivity index (χ3n) is 6.64. The van der Waals surface area contributed by atoms with E-state index in [9.17, 15) is 24.1 Å². The molecule has 3 rings (SSSR count). The maximum absolute atomic E-state index is 12.2. The van der Waals surface area contributed by atoms with Gasteiger partial charge in [-0.3, -0.25) is 14.4 Å². The van der Waals surface area contributed by atoms with Crippen LogP contribution >= 0.6 is 11.8 Å². The molecule has 1 aromatic rings. The fraction of sp³-hybridized carbons (Fsp3) is 0.600. The number of benzene rings is 1. The Balaban J connectivity index is 1.20. The van der Waals surface area contributed by atoms with Crippen LogP contribution in [0.4, 0.5) is 10.5 Å². The Morgan fingerprint density at radius 2 is 1.76 bits per heavy atom. The van der Waals surface area contributed by atoms with Gasteiger partial charge in [0.2, 0.25) is 17.7 Å². The van der Waals surface area contributed by atoms with Crippen molar-refractivity contribution in [2.45, 2.75) is 81.2 Å². The van der Waals surface area contributed by atoms with E-state index in [1.165, 1.54) is 0 Å². The molecule has 0 aliphatic carbocycles. The van der Waals surface area contributed by atoms with E-state index in [1.807, 2.05) is 11.8 Å². The second-order valence-corrected chi connectivity index (χ2v) is 10.8. The summed E-state index contributed by atoms with van der Waals surface area (Å²) >= 11 is 1.88. The fourth-order valence-electron chi connectivity index (χ4n) is 4.60. The van der Waals surface area contributed by atoms with Gasteiger partial charge in [0.1, 0.15) is 11.7 Å². The van der Waals surface area contributed by atoms with E-state index in [2.05, 4.69) is 26.4 Å². The number of primary amides is 1. The molecular formula is C25H36N6O5S. The fourth-order valence-corrected chi connectivity index (χ4v) is 6.14. The van der Waals surface area contributed by atoms with Gasteiger partial charge >= 0.3 is 6.03 Å². The van der Waals surface area contributed by atoms with Crippen LogP contribution in [0.3, 0.4) is 0 Å². The lowest BCUT2D eigenvalue weighted by molar-refractivity contribution is -0.127. The Morgan fingerprint density at radius 1 is 1.03 bits per heavy atom. The molecule has 202 valence electrons. The minimum Gasteiger partial charge on any atom is -0.368 e. The highest BCUT2D eigenvalue weighted by Gasteiger charge is 2.42. The maximum atomic E-state index is 12.2. The molecule has 2 unspecified atom stereocenters. The molecule has 37 heavy (non-hydrogen) atoms. The van der Waals surface area contributed by atoms with Crippen molar-refractivity contribution in [3.8, 4) is 0 Å². The molecule has 11 nitrogen and oxygen atoms in total. The molecule has 1 aromatic carbocycles. The second-order valence-electron chi connectivity index (χ2n) is 9.51. The Morgan fingerprint density at radius 3 is 2.49 bits per heavy atom. The van der Waals surface area contributed by atoms with Crippen molar-refractivity contribution < 1.29 is 19.2 Å². The van der Waals surface area contributed by atoms with E-state index in [4.69, 9.17) is 5.73 Å². The molecule has 0 saturated carbocycles. The third kappa shape index (κ3) is 9.34. The van der Waals surface area contributed by atoms with Crippen molar-refractivity contribution in [1.82, 2.24) is 21.3 Å². The summed E-state index contributed by atoms with van der Waals surface area (Å²) < 4.78 is 0.